The van der Waals surface area contributed by atoms with E-state index in [1.807, 2.05) is 57.5 Å². The smallest absolute Gasteiger partial charge is 0.0649 e. The Kier molecular flexibility index (Phi) is 69.4. The molecule has 0 N–H and O–H groups in total. The number of hydrogen-bond acceptors (Lipinski definition) is 1. The number of nitrogens with zero attached hydrogens (tertiary/aromatic N) is 2. The van der Waals surface area contributed by atoms with Crippen molar-refractivity contribution < 1.29 is 164 Å². The third kappa shape index (κ3) is 27.2. The van der Waals surface area contributed by atoms with Crippen molar-refractivity contribution in [3.8, 4) is 5.69 Å². The van der Waals surface area contributed by atoms with E-state index in [0.29, 0.717) is 0 Å². The van der Waals surface area contributed by atoms with Crippen molar-refractivity contribution in [2.75, 3.05) is 0 Å². The second-order valence-corrected chi connectivity index (χ2v) is 8.49. The van der Waals surface area contributed by atoms with Crippen LogP contribution in [0.1, 0.15) is 61.3 Å². The molecule has 0 aliphatic carbocycles. The third-order valence-electron chi connectivity index (χ3n) is 5.88. The van der Waals surface area contributed by atoms with E-state index in [4.69, 9.17) is 0 Å². The summed E-state index contributed by atoms with van der Waals surface area (Å²) in [6.45, 7) is 20.6. The van der Waals surface area contributed by atoms with Crippen molar-refractivity contribution in [3.05, 3.63) is 168 Å². The van der Waals surface area contributed by atoms with Gasteiger partial charge in [-0.05, 0) is 75.6 Å². The van der Waals surface area contributed by atoms with Crippen LogP contribution in [0.15, 0.2) is 97.1 Å². The fraction of sp³-hybridized carbons (Fsp3) is 0.250. The second-order valence-electron chi connectivity index (χ2n) is 8.49. The molecule has 5 radical (unpaired) electrons. The van der Waals surface area contributed by atoms with Gasteiger partial charge in [-0.1, -0.05) is 124 Å². The van der Waals surface area contributed by atoms with Crippen molar-refractivity contribution in [1.29, 1.82) is 0 Å². The predicted molar refractivity (Wildman–Crippen MR) is 197 cm³/mol. The van der Waals surface area contributed by atoms with Crippen LogP contribution in [0.25, 0.3) is 16.5 Å². The van der Waals surface area contributed by atoms with Gasteiger partial charge < -0.3 is 37.1 Å². The normalized spacial score (nSPS) is 7.36. The third-order valence-corrected chi connectivity index (χ3v) is 5.88. The zero-order valence-corrected chi connectivity index (χ0v) is 46.7. The van der Waals surface area contributed by atoms with Crippen LogP contribution < -0.4 is 0 Å². The number of aryl methyl sites for hydroxylation is 4. The molecule has 4 aromatic carbocycles. The first-order valence-corrected chi connectivity index (χ1v) is 13.4. The summed E-state index contributed by atoms with van der Waals surface area (Å²) in [5.41, 5.74) is 8.68. The number of hydrogen-bond donors (Lipinski definition) is 0. The van der Waals surface area contributed by atoms with Crippen LogP contribution >= 0.6 is 0 Å². The molecular formula is C40H61N2Y5-5. The first-order chi connectivity index (χ1) is 17.9. The van der Waals surface area contributed by atoms with Crippen LogP contribution in [0.4, 0.5) is 0 Å². The van der Waals surface area contributed by atoms with Gasteiger partial charge in [-0.2, -0.15) is 5.10 Å². The summed E-state index contributed by atoms with van der Waals surface area (Å²) < 4.78 is 2.00. The second kappa shape index (κ2) is 44.0. The van der Waals surface area contributed by atoms with Gasteiger partial charge in [0.15, 0.2) is 0 Å². The van der Waals surface area contributed by atoms with Gasteiger partial charge in [0.05, 0.1) is 11.4 Å². The molecule has 0 atom stereocenters. The fourth-order valence-electron chi connectivity index (χ4n) is 3.58. The fourth-order valence-corrected chi connectivity index (χ4v) is 3.58. The van der Waals surface area contributed by atoms with Gasteiger partial charge in [-0.15, -0.1) is 0 Å². The van der Waals surface area contributed by atoms with E-state index in [2.05, 4.69) is 119 Å². The van der Waals surface area contributed by atoms with Crippen molar-refractivity contribution >= 4 is 10.8 Å². The Labute approximate surface area is 419 Å². The number of aromatic nitrogens is 2. The van der Waals surface area contributed by atoms with Gasteiger partial charge in [-0.25, -0.2) is 4.68 Å². The topological polar surface area (TPSA) is 17.8 Å². The van der Waals surface area contributed by atoms with E-state index < -0.39 is 0 Å². The maximum absolute atomic E-state index is 4.53. The van der Waals surface area contributed by atoms with Crippen molar-refractivity contribution in [3.63, 3.8) is 0 Å². The molecule has 0 amide bonds. The minimum Gasteiger partial charge on any atom is -0.358 e. The van der Waals surface area contributed by atoms with Crippen LogP contribution in [0, 0.1) is 78.7 Å². The van der Waals surface area contributed by atoms with Gasteiger partial charge in [-0.3, -0.25) is 0 Å². The van der Waals surface area contributed by atoms with Gasteiger partial charge in [0.2, 0.25) is 0 Å². The van der Waals surface area contributed by atoms with Crippen LogP contribution in [0.2, 0.25) is 0 Å². The summed E-state index contributed by atoms with van der Waals surface area (Å²) in [4.78, 5) is 0. The maximum atomic E-state index is 4.53. The summed E-state index contributed by atoms with van der Waals surface area (Å²) in [5.74, 6) is 0. The molecule has 0 fully saturated rings. The monoisotopic (exact) mass is 1010 g/mol. The molecule has 0 bridgehead atoms. The van der Waals surface area contributed by atoms with E-state index in [-0.39, 0.29) is 201 Å². The van der Waals surface area contributed by atoms with Crippen molar-refractivity contribution in [2.24, 2.45) is 0 Å². The molecule has 0 saturated carbocycles. The Morgan fingerprint density at radius 3 is 1.23 bits per heavy atom. The standard InChI is InChI=1S/C13H16N2.C11H10.C7H8.2C2H6.5CH3.5Y/c1-9-5-7-13(8-6-9)15-12(4)10(2)11(3)14-15;1-9-5-4-7-10-6-2-3-8-11(9)10;1-7-5-3-2-4-6-7;2*1-2;;;;;;;;;;/h5-8H,1-4H3;2-8H,1H3;2-6H,1H3;2*1-2H3;5*1H3;;;;;/q;;;;;5*-1;;;;;. The van der Waals surface area contributed by atoms with Crippen LogP contribution in [-0.2, 0) is 164 Å². The molecule has 2 nitrogen and oxygen atoms in total. The van der Waals surface area contributed by atoms with Crippen LogP contribution in [0.5, 0.6) is 0 Å². The SMILES string of the molecule is CC.CC.Cc1ccc(-n2nc(C)c(C)c2C)cc1.Cc1cccc2ccccc12.Cc1ccccc1.[CH3-].[CH3-].[CH3-].[CH3-].[CH3-].[Y].[Y].[Y].[Y].[Y]. The zero-order chi connectivity index (χ0) is 27.8. The molecular weight excluding hydrogens is 953 g/mol. The van der Waals surface area contributed by atoms with Crippen molar-refractivity contribution in [1.82, 2.24) is 9.78 Å². The summed E-state index contributed by atoms with van der Waals surface area (Å²) in [6, 6.07) is 33.5. The average molecular weight is 1010 g/mol. The Morgan fingerprint density at radius 1 is 0.447 bits per heavy atom. The van der Waals surface area contributed by atoms with E-state index in [1.54, 1.807) is 0 Å². The minimum absolute atomic E-state index is 0. The molecule has 1 heterocycles. The van der Waals surface area contributed by atoms with E-state index >= 15 is 0 Å². The number of benzene rings is 4. The Balaban J connectivity index is -0.0000000487. The molecule has 1 aromatic heterocycles. The summed E-state index contributed by atoms with van der Waals surface area (Å²) in [5, 5.41) is 7.21. The first-order valence-electron chi connectivity index (χ1n) is 13.4. The molecule has 5 aromatic rings. The maximum Gasteiger partial charge on any atom is 0.0649 e. The molecule has 0 aliphatic heterocycles. The van der Waals surface area contributed by atoms with Crippen LogP contribution in [0.3, 0.4) is 0 Å². The quantitative estimate of drug-likeness (QED) is 0.153. The molecule has 0 spiro atoms. The molecule has 5 rings (SSSR count). The van der Waals surface area contributed by atoms with Gasteiger partial charge >= 0.3 is 0 Å². The molecule has 0 unspecified atom stereocenters. The largest absolute Gasteiger partial charge is 0.358 e. The minimum atomic E-state index is 0. The average Bonchev–Trinajstić information content (AvgIpc) is 3.20. The van der Waals surface area contributed by atoms with E-state index in [9.17, 15) is 0 Å². The van der Waals surface area contributed by atoms with E-state index in [0.717, 1.165) is 11.4 Å². The molecule has 7 heteroatoms. The zero-order valence-electron chi connectivity index (χ0n) is 32.5. The Hall–Kier alpha value is 1.87. The van der Waals surface area contributed by atoms with Crippen LogP contribution in [-0.4, -0.2) is 9.78 Å². The first kappa shape index (κ1) is 74.1. The number of fused-ring (bicyclic) bond motifs is 1. The van der Waals surface area contributed by atoms with Gasteiger partial charge in [0.25, 0.3) is 0 Å². The molecule has 0 aliphatic rings. The molecule has 251 valence electrons. The summed E-state index contributed by atoms with van der Waals surface area (Å²) >= 11 is 0. The summed E-state index contributed by atoms with van der Waals surface area (Å²) in [6.07, 6.45) is 0. The van der Waals surface area contributed by atoms with Gasteiger partial charge in [0.1, 0.15) is 0 Å². The molecule has 0 saturated heterocycles. The summed E-state index contributed by atoms with van der Waals surface area (Å²) in [7, 11) is 0. The van der Waals surface area contributed by atoms with E-state index in [1.165, 1.54) is 38.7 Å². The Morgan fingerprint density at radius 2 is 0.851 bits per heavy atom. The molecule has 47 heavy (non-hydrogen) atoms. The van der Waals surface area contributed by atoms with Gasteiger partial charge in [0, 0.05) is 169 Å². The van der Waals surface area contributed by atoms with Crippen molar-refractivity contribution in [2.45, 2.75) is 69.2 Å². The number of rotatable bonds is 1. The Bertz CT molecular complexity index is 1310. The predicted octanol–water partition coefficient (Wildman–Crippen LogP) is 12.5.